The molecule has 40 heavy (non-hydrogen) atoms. The minimum Gasteiger partial charge on any atom is -0.493 e. The molecule has 1 atom stereocenters. The Kier molecular flexibility index (Phi) is 10.0. The summed E-state index contributed by atoms with van der Waals surface area (Å²) >= 11 is 0. The summed E-state index contributed by atoms with van der Waals surface area (Å²) in [6.45, 7) is 8.53. The Morgan fingerprint density at radius 3 is 2.15 bits per heavy atom. The molecule has 1 unspecified atom stereocenters. The van der Waals surface area contributed by atoms with Crippen molar-refractivity contribution >= 4 is 11.9 Å². The number of amides is 1. The van der Waals surface area contributed by atoms with Crippen molar-refractivity contribution in [3.05, 3.63) is 89.0 Å². The number of carbonyl (C=O) groups excluding carboxylic acids is 2. The van der Waals surface area contributed by atoms with E-state index in [1.54, 1.807) is 30.3 Å². The van der Waals surface area contributed by atoms with E-state index in [-0.39, 0.29) is 48.1 Å². The van der Waals surface area contributed by atoms with Crippen molar-refractivity contribution in [2.24, 2.45) is 5.92 Å². The molecule has 0 saturated heterocycles. The van der Waals surface area contributed by atoms with Crippen LogP contribution >= 0.6 is 0 Å². The van der Waals surface area contributed by atoms with Crippen LogP contribution in [0.5, 0.6) is 5.75 Å². The van der Waals surface area contributed by atoms with Crippen LogP contribution in [-0.2, 0) is 27.5 Å². The third-order valence-electron chi connectivity index (χ3n) is 6.54. The number of carbonyl (C=O) groups is 2. The third kappa shape index (κ3) is 8.60. The number of ether oxygens (including phenoxy) is 2. The SMILES string of the molecule is COC(=O)CCNC(=O)c1ccc(CC(C)COc2ccc(-c3ccc(C(C)(C)C)cc3)c(C(F)(F)F)c2)cc1. The van der Waals surface area contributed by atoms with Crippen LogP contribution in [0, 0.1) is 5.92 Å². The summed E-state index contributed by atoms with van der Waals surface area (Å²) in [5.74, 6) is -0.517. The van der Waals surface area contributed by atoms with Crippen molar-refractivity contribution in [2.75, 3.05) is 20.3 Å². The minimum atomic E-state index is -4.53. The van der Waals surface area contributed by atoms with Crippen molar-refractivity contribution in [3.63, 3.8) is 0 Å². The molecular formula is C32H36F3NO4. The molecule has 0 spiro atoms. The van der Waals surface area contributed by atoms with Crippen molar-refractivity contribution in [1.82, 2.24) is 5.32 Å². The molecule has 1 N–H and O–H groups in total. The fourth-order valence-electron chi connectivity index (χ4n) is 4.22. The van der Waals surface area contributed by atoms with Gasteiger partial charge in [-0.1, -0.05) is 70.2 Å². The van der Waals surface area contributed by atoms with Gasteiger partial charge in [0.15, 0.2) is 0 Å². The average Bonchev–Trinajstić information content (AvgIpc) is 2.91. The number of halogens is 3. The molecule has 0 radical (unpaired) electrons. The van der Waals surface area contributed by atoms with Crippen LogP contribution in [0.3, 0.4) is 0 Å². The number of hydrogen-bond donors (Lipinski definition) is 1. The highest BCUT2D eigenvalue weighted by Gasteiger charge is 2.34. The number of benzene rings is 3. The Labute approximate surface area is 233 Å². The van der Waals surface area contributed by atoms with Crippen LogP contribution in [0.15, 0.2) is 66.7 Å². The Bertz CT molecular complexity index is 1290. The molecule has 3 rings (SSSR count). The van der Waals surface area contributed by atoms with Crippen LogP contribution in [0.2, 0.25) is 0 Å². The van der Waals surface area contributed by atoms with Gasteiger partial charge in [-0.05, 0) is 64.3 Å². The monoisotopic (exact) mass is 555 g/mol. The minimum absolute atomic E-state index is 0.0127. The van der Waals surface area contributed by atoms with E-state index in [9.17, 15) is 22.8 Å². The standard InChI is InChI=1S/C32H36F3NO4/c1-21(18-22-6-8-24(9-7-22)30(38)36-17-16-29(37)39-5)20-40-26-14-15-27(28(19-26)32(33,34)35)23-10-12-25(13-11-23)31(2,3)4/h6-15,19,21H,16-18,20H2,1-5H3,(H,36,38). The maximum absolute atomic E-state index is 14.0. The van der Waals surface area contributed by atoms with Gasteiger partial charge in [-0.25, -0.2) is 0 Å². The number of methoxy groups -OCH3 is 1. The summed E-state index contributed by atoms with van der Waals surface area (Å²) in [6, 6.07) is 18.3. The Morgan fingerprint density at radius 1 is 0.925 bits per heavy atom. The zero-order chi connectivity index (χ0) is 29.5. The van der Waals surface area contributed by atoms with Gasteiger partial charge in [0.25, 0.3) is 5.91 Å². The summed E-state index contributed by atoms with van der Waals surface area (Å²) in [5.41, 5.74) is 2.26. The molecule has 1 amide bonds. The maximum atomic E-state index is 14.0. The predicted octanol–water partition coefficient (Wildman–Crippen LogP) is 7.22. The number of rotatable bonds is 10. The summed E-state index contributed by atoms with van der Waals surface area (Å²) in [4.78, 5) is 23.4. The van der Waals surface area contributed by atoms with Gasteiger partial charge in [-0.2, -0.15) is 13.2 Å². The second-order valence-electron chi connectivity index (χ2n) is 10.9. The van der Waals surface area contributed by atoms with Crippen molar-refractivity contribution in [2.45, 2.75) is 52.1 Å². The summed E-state index contributed by atoms with van der Waals surface area (Å²) in [6.07, 6.45) is -3.82. The molecule has 8 heteroatoms. The Balaban J connectivity index is 1.61. The zero-order valence-corrected chi connectivity index (χ0v) is 23.5. The fourth-order valence-corrected chi connectivity index (χ4v) is 4.22. The largest absolute Gasteiger partial charge is 0.493 e. The lowest BCUT2D eigenvalue weighted by Gasteiger charge is -2.20. The van der Waals surface area contributed by atoms with Gasteiger partial charge in [-0.3, -0.25) is 9.59 Å². The predicted molar refractivity (Wildman–Crippen MR) is 149 cm³/mol. The first kappa shape index (κ1) is 30.7. The van der Waals surface area contributed by atoms with E-state index in [2.05, 4.69) is 30.8 Å². The molecule has 0 aliphatic rings. The van der Waals surface area contributed by atoms with Gasteiger partial charge < -0.3 is 14.8 Å². The number of nitrogens with one attached hydrogen (secondary N) is 1. The molecule has 0 fully saturated rings. The van der Waals surface area contributed by atoms with Crippen LogP contribution in [0.4, 0.5) is 13.2 Å². The van der Waals surface area contributed by atoms with E-state index >= 15 is 0 Å². The van der Waals surface area contributed by atoms with E-state index in [4.69, 9.17) is 4.74 Å². The van der Waals surface area contributed by atoms with Crippen molar-refractivity contribution < 1.29 is 32.2 Å². The van der Waals surface area contributed by atoms with Gasteiger partial charge in [0, 0.05) is 12.1 Å². The van der Waals surface area contributed by atoms with Crippen LogP contribution < -0.4 is 10.1 Å². The quantitative estimate of drug-likeness (QED) is 0.268. The lowest BCUT2D eigenvalue weighted by molar-refractivity contribution is -0.140. The van der Waals surface area contributed by atoms with E-state index in [1.165, 1.54) is 13.2 Å². The van der Waals surface area contributed by atoms with E-state index in [0.29, 0.717) is 17.5 Å². The molecule has 0 aliphatic heterocycles. The topological polar surface area (TPSA) is 64.6 Å². The summed E-state index contributed by atoms with van der Waals surface area (Å²) in [7, 11) is 1.29. The number of hydrogen-bond acceptors (Lipinski definition) is 4. The Morgan fingerprint density at radius 2 is 1.57 bits per heavy atom. The lowest BCUT2D eigenvalue weighted by atomic mass is 9.86. The normalized spacial score (nSPS) is 12.5. The van der Waals surface area contributed by atoms with Gasteiger partial charge in [0.05, 0.1) is 25.7 Å². The molecule has 0 aliphatic carbocycles. The molecule has 0 heterocycles. The highest BCUT2D eigenvalue weighted by molar-refractivity contribution is 5.94. The second-order valence-corrected chi connectivity index (χ2v) is 10.9. The van der Waals surface area contributed by atoms with Gasteiger partial charge >= 0.3 is 12.1 Å². The van der Waals surface area contributed by atoms with E-state index < -0.39 is 17.7 Å². The summed E-state index contributed by atoms with van der Waals surface area (Å²) < 4.78 is 52.2. The van der Waals surface area contributed by atoms with Crippen LogP contribution in [0.1, 0.15) is 61.2 Å². The summed E-state index contributed by atoms with van der Waals surface area (Å²) in [5, 5.41) is 2.66. The van der Waals surface area contributed by atoms with Gasteiger partial charge in [0.2, 0.25) is 0 Å². The molecule has 3 aromatic rings. The highest BCUT2D eigenvalue weighted by Crippen LogP contribution is 2.39. The van der Waals surface area contributed by atoms with E-state index in [1.807, 2.05) is 31.2 Å². The number of esters is 1. The molecule has 0 aromatic heterocycles. The third-order valence-corrected chi connectivity index (χ3v) is 6.54. The molecule has 214 valence electrons. The zero-order valence-electron chi connectivity index (χ0n) is 23.5. The van der Waals surface area contributed by atoms with Crippen molar-refractivity contribution in [3.8, 4) is 16.9 Å². The molecular weight excluding hydrogens is 519 g/mol. The first-order valence-corrected chi connectivity index (χ1v) is 13.2. The molecule has 5 nitrogen and oxygen atoms in total. The van der Waals surface area contributed by atoms with E-state index in [0.717, 1.165) is 17.2 Å². The average molecular weight is 556 g/mol. The van der Waals surface area contributed by atoms with Gasteiger partial charge in [-0.15, -0.1) is 0 Å². The molecule has 0 saturated carbocycles. The maximum Gasteiger partial charge on any atom is 0.417 e. The first-order valence-electron chi connectivity index (χ1n) is 13.2. The Hall–Kier alpha value is -3.81. The highest BCUT2D eigenvalue weighted by atomic mass is 19.4. The van der Waals surface area contributed by atoms with Gasteiger partial charge in [0.1, 0.15) is 5.75 Å². The lowest BCUT2D eigenvalue weighted by Crippen LogP contribution is -2.26. The first-order chi connectivity index (χ1) is 18.8. The number of alkyl halides is 3. The molecule has 0 bridgehead atoms. The second kappa shape index (κ2) is 13.0. The molecule has 3 aromatic carbocycles. The van der Waals surface area contributed by atoms with Crippen LogP contribution in [-0.4, -0.2) is 32.1 Å². The fraction of sp³-hybridized carbons (Fsp3) is 0.375. The van der Waals surface area contributed by atoms with Crippen molar-refractivity contribution in [1.29, 1.82) is 0 Å². The van der Waals surface area contributed by atoms with Crippen LogP contribution in [0.25, 0.3) is 11.1 Å². The smallest absolute Gasteiger partial charge is 0.417 e.